The molecule has 1 N–H and O–H groups in total. The number of ether oxygens (including phenoxy) is 1. The van der Waals surface area contributed by atoms with Gasteiger partial charge in [0.05, 0.1) is 13.2 Å². The Labute approximate surface area is 129 Å². The van der Waals surface area contributed by atoms with Gasteiger partial charge >= 0.3 is 0 Å². The molecule has 0 aliphatic rings. The molecule has 1 atom stereocenters. The highest BCUT2D eigenvalue weighted by Gasteiger charge is 2.21. The van der Waals surface area contributed by atoms with Crippen LogP contribution in [0.15, 0.2) is 36.4 Å². The first-order valence-electron chi connectivity index (χ1n) is 6.89. The number of aryl methyl sites for hydroxylation is 1. The fourth-order valence-corrected chi connectivity index (χ4v) is 2.59. The summed E-state index contributed by atoms with van der Waals surface area (Å²) in [6.45, 7) is 4.69. The molecule has 112 valence electrons. The van der Waals surface area contributed by atoms with Crippen molar-refractivity contribution < 1.29 is 9.13 Å². The maximum absolute atomic E-state index is 14.2. The Bertz CT molecular complexity index is 630. The van der Waals surface area contributed by atoms with E-state index in [2.05, 4.69) is 5.32 Å². The second-order valence-corrected chi connectivity index (χ2v) is 5.34. The van der Waals surface area contributed by atoms with Gasteiger partial charge < -0.3 is 10.1 Å². The Kier molecular flexibility index (Phi) is 5.21. The van der Waals surface area contributed by atoms with Crippen molar-refractivity contribution in [3.8, 4) is 5.75 Å². The van der Waals surface area contributed by atoms with E-state index >= 15 is 0 Å². The van der Waals surface area contributed by atoms with E-state index in [9.17, 15) is 4.39 Å². The van der Waals surface area contributed by atoms with Crippen LogP contribution in [0, 0.1) is 12.7 Å². The van der Waals surface area contributed by atoms with Gasteiger partial charge in [-0.15, -0.1) is 0 Å². The van der Waals surface area contributed by atoms with Gasteiger partial charge in [0.15, 0.2) is 0 Å². The van der Waals surface area contributed by atoms with E-state index in [1.54, 1.807) is 19.2 Å². The Hall–Kier alpha value is -1.58. The zero-order valence-corrected chi connectivity index (χ0v) is 13.2. The fourth-order valence-electron chi connectivity index (χ4n) is 2.41. The Morgan fingerprint density at radius 3 is 2.62 bits per heavy atom. The van der Waals surface area contributed by atoms with Crippen molar-refractivity contribution >= 4 is 11.6 Å². The molecule has 21 heavy (non-hydrogen) atoms. The zero-order chi connectivity index (χ0) is 15.4. The third-order valence-corrected chi connectivity index (χ3v) is 3.61. The summed E-state index contributed by atoms with van der Waals surface area (Å²) in [5, 5.41) is 3.82. The molecule has 1 unspecified atom stereocenters. The van der Waals surface area contributed by atoms with Gasteiger partial charge in [-0.05, 0) is 37.7 Å². The van der Waals surface area contributed by atoms with E-state index < -0.39 is 0 Å². The predicted octanol–water partition coefficient (Wildman–Crippen LogP) is 4.50. The number of hydrogen-bond donors (Lipinski definition) is 1. The summed E-state index contributed by atoms with van der Waals surface area (Å²) in [6.07, 6.45) is 0. The zero-order valence-electron chi connectivity index (χ0n) is 12.4. The first-order valence-corrected chi connectivity index (χ1v) is 7.27. The van der Waals surface area contributed by atoms with Crippen molar-refractivity contribution in [2.24, 2.45) is 0 Å². The van der Waals surface area contributed by atoms with Gasteiger partial charge in [0.2, 0.25) is 0 Å². The van der Waals surface area contributed by atoms with Gasteiger partial charge in [0.25, 0.3) is 0 Å². The molecule has 2 aromatic carbocycles. The fraction of sp³-hybridized carbons (Fsp3) is 0.294. The van der Waals surface area contributed by atoms with Crippen LogP contribution in [0.25, 0.3) is 0 Å². The topological polar surface area (TPSA) is 21.3 Å². The van der Waals surface area contributed by atoms with Gasteiger partial charge in [-0.3, -0.25) is 0 Å². The number of rotatable bonds is 5. The highest BCUT2D eigenvalue weighted by molar-refractivity contribution is 6.30. The molecule has 0 aliphatic heterocycles. The second-order valence-electron chi connectivity index (χ2n) is 4.90. The van der Waals surface area contributed by atoms with Crippen molar-refractivity contribution in [1.29, 1.82) is 0 Å². The summed E-state index contributed by atoms with van der Waals surface area (Å²) in [5.41, 5.74) is 2.52. The summed E-state index contributed by atoms with van der Waals surface area (Å²) in [7, 11) is 1.62. The molecule has 0 bridgehead atoms. The first-order chi connectivity index (χ1) is 10.1. The highest BCUT2D eigenvalue weighted by atomic mass is 35.5. The third-order valence-electron chi connectivity index (χ3n) is 3.37. The average molecular weight is 308 g/mol. The normalized spacial score (nSPS) is 12.2. The largest absolute Gasteiger partial charge is 0.496 e. The summed E-state index contributed by atoms with van der Waals surface area (Å²) in [5.74, 6) is 0.444. The quantitative estimate of drug-likeness (QED) is 0.878. The standard InChI is InChI=1S/C17H19ClFNO/c1-4-20-17(13-10-12(18)6-7-15(13)19)14-9-11(2)5-8-16(14)21-3/h5-10,17,20H,4H2,1-3H3. The lowest BCUT2D eigenvalue weighted by Crippen LogP contribution is -2.23. The van der Waals surface area contributed by atoms with E-state index in [1.807, 2.05) is 32.0 Å². The van der Waals surface area contributed by atoms with Crippen LogP contribution in [0.4, 0.5) is 4.39 Å². The van der Waals surface area contributed by atoms with Gasteiger partial charge in [0.1, 0.15) is 11.6 Å². The lowest BCUT2D eigenvalue weighted by atomic mass is 9.96. The minimum absolute atomic E-state index is 0.283. The second kappa shape index (κ2) is 6.92. The predicted molar refractivity (Wildman–Crippen MR) is 84.7 cm³/mol. The highest BCUT2D eigenvalue weighted by Crippen LogP contribution is 2.33. The summed E-state index contributed by atoms with van der Waals surface area (Å²) >= 11 is 6.03. The molecule has 2 rings (SSSR count). The van der Waals surface area contributed by atoms with Crippen molar-refractivity contribution in [3.63, 3.8) is 0 Å². The van der Waals surface area contributed by atoms with E-state index in [1.165, 1.54) is 6.07 Å². The molecule has 0 saturated heterocycles. The van der Waals surface area contributed by atoms with Gasteiger partial charge in [0, 0.05) is 16.1 Å². The molecule has 0 amide bonds. The van der Waals surface area contributed by atoms with Crippen molar-refractivity contribution in [2.75, 3.05) is 13.7 Å². The van der Waals surface area contributed by atoms with Crippen LogP contribution in [0.3, 0.4) is 0 Å². The van der Waals surface area contributed by atoms with Crippen LogP contribution in [-0.2, 0) is 0 Å². The molecule has 0 radical (unpaired) electrons. The minimum Gasteiger partial charge on any atom is -0.496 e. The summed E-state index contributed by atoms with van der Waals surface area (Å²) in [4.78, 5) is 0. The van der Waals surface area contributed by atoms with Crippen LogP contribution in [0.1, 0.15) is 29.7 Å². The van der Waals surface area contributed by atoms with Crippen LogP contribution in [-0.4, -0.2) is 13.7 Å². The van der Waals surface area contributed by atoms with Crippen LogP contribution in [0.5, 0.6) is 5.75 Å². The molecule has 0 aromatic heterocycles. The van der Waals surface area contributed by atoms with E-state index in [0.717, 1.165) is 16.9 Å². The monoisotopic (exact) mass is 307 g/mol. The molecule has 0 saturated carbocycles. The van der Waals surface area contributed by atoms with Crippen LogP contribution in [0.2, 0.25) is 5.02 Å². The van der Waals surface area contributed by atoms with E-state index in [-0.39, 0.29) is 11.9 Å². The number of benzene rings is 2. The minimum atomic E-state index is -0.302. The lowest BCUT2D eigenvalue weighted by Gasteiger charge is -2.22. The van der Waals surface area contributed by atoms with Crippen molar-refractivity contribution in [2.45, 2.75) is 19.9 Å². The SMILES string of the molecule is CCNC(c1cc(Cl)ccc1F)c1cc(C)ccc1OC. The van der Waals surface area contributed by atoms with E-state index in [4.69, 9.17) is 16.3 Å². The smallest absolute Gasteiger partial charge is 0.128 e. The molecular weight excluding hydrogens is 289 g/mol. The Morgan fingerprint density at radius 2 is 1.95 bits per heavy atom. The van der Waals surface area contributed by atoms with Gasteiger partial charge in [-0.25, -0.2) is 4.39 Å². The maximum atomic E-state index is 14.2. The average Bonchev–Trinajstić information content (AvgIpc) is 2.47. The molecule has 0 fully saturated rings. The number of nitrogens with one attached hydrogen (secondary N) is 1. The Balaban J connectivity index is 2.58. The number of methoxy groups -OCH3 is 1. The van der Waals surface area contributed by atoms with E-state index in [0.29, 0.717) is 17.1 Å². The Morgan fingerprint density at radius 1 is 1.19 bits per heavy atom. The molecular formula is C17H19ClFNO. The molecule has 0 spiro atoms. The van der Waals surface area contributed by atoms with Crippen molar-refractivity contribution in [1.82, 2.24) is 5.32 Å². The summed E-state index contributed by atoms with van der Waals surface area (Å²) in [6, 6.07) is 10.2. The summed E-state index contributed by atoms with van der Waals surface area (Å²) < 4.78 is 19.6. The number of halogens is 2. The lowest BCUT2D eigenvalue weighted by molar-refractivity contribution is 0.403. The number of hydrogen-bond acceptors (Lipinski definition) is 2. The molecule has 2 aromatic rings. The third kappa shape index (κ3) is 3.55. The molecule has 0 aliphatic carbocycles. The van der Waals surface area contributed by atoms with Crippen molar-refractivity contribution in [3.05, 3.63) is 63.9 Å². The van der Waals surface area contributed by atoms with Crippen LogP contribution >= 0.6 is 11.6 Å². The molecule has 2 nitrogen and oxygen atoms in total. The van der Waals surface area contributed by atoms with Crippen LogP contribution < -0.4 is 10.1 Å². The van der Waals surface area contributed by atoms with Gasteiger partial charge in [-0.1, -0.05) is 36.2 Å². The molecule has 4 heteroatoms. The van der Waals surface area contributed by atoms with Gasteiger partial charge in [-0.2, -0.15) is 0 Å². The molecule has 0 heterocycles. The maximum Gasteiger partial charge on any atom is 0.128 e. The first kappa shape index (κ1) is 15.8.